The summed E-state index contributed by atoms with van der Waals surface area (Å²) in [5, 5.41) is 2.13. The monoisotopic (exact) mass is 486 g/mol. The molecule has 0 aliphatic carbocycles. The number of sulfonamides is 1. The van der Waals surface area contributed by atoms with Crippen molar-refractivity contribution in [3.63, 3.8) is 0 Å². The molecule has 8 heteroatoms. The Labute approximate surface area is 200 Å². The molecule has 0 N–H and O–H groups in total. The number of ether oxygens (including phenoxy) is 2. The van der Waals surface area contributed by atoms with Crippen LogP contribution in [0.4, 0.5) is 5.69 Å². The third-order valence-electron chi connectivity index (χ3n) is 5.66. The molecular formula is C25H30N2O4S2. The average Bonchev–Trinajstić information content (AvgIpc) is 3.24. The topological polar surface area (TPSA) is 59.1 Å². The fraction of sp³-hybridized carbons (Fsp3) is 0.360. The molecule has 4 rings (SSSR count). The molecule has 33 heavy (non-hydrogen) atoms. The molecule has 2 aromatic carbocycles. The van der Waals surface area contributed by atoms with Crippen LogP contribution in [0.5, 0.6) is 5.75 Å². The number of hydrogen-bond donors (Lipinski definition) is 0. The van der Waals surface area contributed by atoms with E-state index in [1.807, 2.05) is 19.9 Å². The molecule has 1 saturated heterocycles. The molecule has 1 aliphatic heterocycles. The fourth-order valence-electron chi connectivity index (χ4n) is 4.02. The summed E-state index contributed by atoms with van der Waals surface area (Å²) in [4.78, 5) is 3.67. The van der Waals surface area contributed by atoms with Crippen LogP contribution in [0.15, 0.2) is 58.8 Å². The molecular weight excluding hydrogens is 456 g/mol. The molecule has 2 heterocycles. The van der Waals surface area contributed by atoms with Gasteiger partial charge >= 0.3 is 0 Å². The quantitative estimate of drug-likeness (QED) is 0.466. The molecule has 0 saturated carbocycles. The number of anilines is 1. The zero-order valence-electron chi connectivity index (χ0n) is 19.3. The second-order valence-electron chi connectivity index (χ2n) is 8.34. The average molecular weight is 487 g/mol. The van der Waals surface area contributed by atoms with Gasteiger partial charge in [-0.1, -0.05) is 6.07 Å². The minimum atomic E-state index is -3.76. The Balaban J connectivity index is 1.64. The van der Waals surface area contributed by atoms with Crippen LogP contribution < -0.4 is 9.04 Å². The predicted octanol–water partition coefficient (Wildman–Crippen LogP) is 4.60. The Morgan fingerprint density at radius 3 is 2.33 bits per heavy atom. The SMILES string of the molecule is COc1ccc(N(Cc2cc(CN3CCOCC3)cs2)S(=O)(=O)c2cc(C)cc(C)c2)cc1. The Morgan fingerprint density at radius 1 is 1.03 bits per heavy atom. The Bertz CT molecular complexity index is 1160. The second-order valence-corrected chi connectivity index (χ2v) is 11.2. The molecule has 1 aliphatic rings. The zero-order chi connectivity index (χ0) is 23.4. The number of morpholine rings is 1. The summed E-state index contributed by atoms with van der Waals surface area (Å²) < 4.78 is 39.8. The third-order valence-corrected chi connectivity index (χ3v) is 8.38. The molecule has 0 spiro atoms. The van der Waals surface area contributed by atoms with Gasteiger partial charge in [-0.2, -0.15) is 0 Å². The number of thiophene rings is 1. The predicted molar refractivity (Wildman–Crippen MR) is 133 cm³/mol. The van der Waals surface area contributed by atoms with Crippen molar-refractivity contribution in [2.75, 3.05) is 37.7 Å². The van der Waals surface area contributed by atoms with Gasteiger partial charge in [-0.3, -0.25) is 9.21 Å². The normalized spacial score (nSPS) is 14.9. The molecule has 1 fully saturated rings. The Morgan fingerprint density at radius 2 is 1.70 bits per heavy atom. The van der Waals surface area contributed by atoms with Gasteiger partial charge < -0.3 is 9.47 Å². The van der Waals surface area contributed by atoms with Gasteiger partial charge in [0.1, 0.15) is 5.75 Å². The van der Waals surface area contributed by atoms with E-state index in [4.69, 9.17) is 9.47 Å². The minimum Gasteiger partial charge on any atom is -0.497 e. The molecule has 0 amide bonds. The standard InChI is InChI=1S/C25H30N2O4S2/c1-19-12-20(2)14-25(13-19)33(28,29)27(22-4-6-23(30-3)7-5-22)17-24-15-21(18-32-24)16-26-8-10-31-11-9-26/h4-7,12-15,18H,8-11,16-17H2,1-3H3. The summed E-state index contributed by atoms with van der Waals surface area (Å²) in [6.07, 6.45) is 0. The van der Waals surface area contributed by atoms with Gasteiger partial charge in [-0.25, -0.2) is 8.42 Å². The molecule has 1 aromatic heterocycles. The van der Waals surface area contributed by atoms with E-state index < -0.39 is 10.0 Å². The van der Waals surface area contributed by atoms with E-state index >= 15 is 0 Å². The van der Waals surface area contributed by atoms with Crippen molar-refractivity contribution < 1.29 is 17.9 Å². The lowest BCUT2D eigenvalue weighted by atomic mass is 10.2. The van der Waals surface area contributed by atoms with Crippen LogP contribution in [0.25, 0.3) is 0 Å². The van der Waals surface area contributed by atoms with E-state index in [1.165, 1.54) is 9.87 Å². The molecule has 3 aromatic rings. The summed E-state index contributed by atoms with van der Waals surface area (Å²) in [5.41, 5.74) is 3.66. The van der Waals surface area contributed by atoms with Gasteiger partial charge in [0.25, 0.3) is 10.0 Å². The maximum absolute atomic E-state index is 13.8. The Hall–Kier alpha value is -2.39. The van der Waals surface area contributed by atoms with Crippen molar-refractivity contribution in [2.24, 2.45) is 0 Å². The van der Waals surface area contributed by atoms with Crippen molar-refractivity contribution in [3.05, 3.63) is 75.5 Å². The van der Waals surface area contributed by atoms with E-state index in [1.54, 1.807) is 54.8 Å². The first-order valence-electron chi connectivity index (χ1n) is 11.0. The van der Waals surface area contributed by atoms with Crippen molar-refractivity contribution in [2.45, 2.75) is 31.8 Å². The lowest BCUT2D eigenvalue weighted by Crippen LogP contribution is -2.35. The van der Waals surface area contributed by atoms with E-state index in [2.05, 4.69) is 16.3 Å². The summed E-state index contributed by atoms with van der Waals surface area (Å²) in [5.74, 6) is 0.686. The summed E-state index contributed by atoms with van der Waals surface area (Å²) in [7, 11) is -2.16. The molecule has 0 unspecified atom stereocenters. The first kappa shape index (κ1) is 23.8. The lowest BCUT2D eigenvalue weighted by Gasteiger charge is -2.26. The molecule has 0 atom stereocenters. The van der Waals surface area contributed by atoms with Crippen molar-refractivity contribution in [3.8, 4) is 5.75 Å². The van der Waals surface area contributed by atoms with Gasteiger partial charge in [0.2, 0.25) is 0 Å². The summed E-state index contributed by atoms with van der Waals surface area (Å²) in [6.45, 7) is 8.32. The first-order chi connectivity index (χ1) is 15.8. The third kappa shape index (κ3) is 5.76. The number of benzene rings is 2. The number of methoxy groups -OCH3 is 1. The van der Waals surface area contributed by atoms with E-state index in [0.29, 0.717) is 16.3 Å². The van der Waals surface area contributed by atoms with Gasteiger partial charge in [0, 0.05) is 24.5 Å². The highest BCUT2D eigenvalue weighted by Gasteiger charge is 2.26. The highest BCUT2D eigenvalue weighted by molar-refractivity contribution is 7.92. The minimum absolute atomic E-state index is 0.273. The number of hydrogen-bond acceptors (Lipinski definition) is 6. The highest BCUT2D eigenvalue weighted by atomic mass is 32.2. The maximum atomic E-state index is 13.8. The van der Waals surface area contributed by atoms with Crippen LogP contribution in [0.1, 0.15) is 21.6 Å². The van der Waals surface area contributed by atoms with Crippen LogP contribution in [-0.4, -0.2) is 46.7 Å². The van der Waals surface area contributed by atoms with Crippen LogP contribution in [0.2, 0.25) is 0 Å². The van der Waals surface area contributed by atoms with Gasteiger partial charge in [-0.15, -0.1) is 11.3 Å². The van der Waals surface area contributed by atoms with Crippen LogP contribution in [-0.2, 0) is 27.8 Å². The van der Waals surface area contributed by atoms with Crippen LogP contribution in [0, 0.1) is 13.8 Å². The van der Waals surface area contributed by atoms with Crippen LogP contribution >= 0.6 is 11.3 Å². The number of nitrogens with zero attached hydrogens (tertiary/aromatic N) is 2. The van der Waals surface area contributed by atoms with Crippen molar-refractivity contribution in [1.29, 1.82) is 0 Å². The van der Waals surface area contributed by atoms with Crippen molar-refractivity contribution in [1.82, 2.24) is 4.90 Å². The van der Waals surface area contributed by atoms with Crippen LogP contribution in [0.3, 0.4) is 0 Å². The molecule has 0 bridgehead atoms. The fourth-order valence-corrected chi connectivity index (χ4v) is 6.61. The Kier molecular flexibility index (Phi) is 7.38. The highest BCUT2D eigenvalue weighted by Crippen LogP contribution is 2.30. The number of aryl methyl sites for hydroxylation is 2. The van der Waals surface area contributed by atoms with Gasteiger partial charge in [-0.05, 0) is 78.4 Å². The van der Waals surface area contributed by atoms with Gasteiger partial charge in [0.15, 0.2) is 0 Å². The molecule has 6 nitrogen and oxygen atoms in total. The lowest BCUT2D eigenvalue weighted by molar-refractivity contribution is 0.0342. The second kappa shape index (κ2) is 10.3. The summed E-state index contributed by atoms with van der Waals surface area (Å²) >= 11 is 1.60. The summed E-state index contributed by atoms with van der Waals surface area (Å²) in [6, 6.07) is 14.7. The largest absolute Gasteiger partial charge is 0.497 e. The van der Waals surface area contributed by atoms with E-state index in [-0.39, 0.29) is 6.54 Å². The van der Waals surface area contributed by atoms with E-state index in [0.717, 1.165) is 48.9 Å². The zero-order valence-corrected chi connectivity index (χ0v) is 20.9. The first-order valence-corrected chi connectivity index (χ1v) is 13.3. The molecule has 0 radical (unpaired) electrons. The molecule has 176 valence electrons. The smallest absolute Gasteiger partial charge is 0.264 e. The number of rotatable bonds is 8. The van der Waals surface area contributed by atoms with Crippen molar-refractivity contribution >= 4 is 27.0 Å². The maximum Gasteiger partial charge on any atom is 0.264 e. The van der Waals surface area contributed by atoms with E-state index in [9.17, 15) is 8.42 Å². The van der Waals surface area contributed by atoms with Gasteiger partial charge in [0.05, 0.1) is 37.5 Å².